The smallest absolute Gasteiger partial charge is 0.257 e. The van der Waals surface area contributed by atoms with Crippen LogP contribution in [0.2, 0.25) is 10.0 Å². The second kappa shape index (κ2) is 6.04. The molecular weight excluding hydrogens is 307 g/mol. The van der Waals surface area contributed by atoms with Crippen LogP contribution in [0.15, 0.2) is 36.5 Å². The van der Waals surface area contributed by atoms with Crippen molar-refractivity contribution in [2.75, 3.05) is 5.32 Å². The summed E-state index contributed by atoms with van der Waals surface area (Å²) in [6.07, 6.45) is 1.68. The van der Waals surface area contributed by atoms with E-state index in [1.165, 1.54) is 0 Å². The van der Waals surface area contributed by atoms with Gasteiger partial charge in [0.1, 0.15) is 0 Å². The molecule has 0 saturated carbocycles. The molecule has 0 aliphatic heterocycles. The number of aromatic nitrogens is 1. The Labute approximate surface area is 134 Å². The van der Waals surface area contributed by atoms with E-state index in [0.29, 0.717) is 21.3 Å². The van der Waals surface area contributed by atoms with Gasteiger partial charge in [0.15, 0.2) is 0 Å². The fourth-order valence-electron chi connectivity index (χ4n) is 1.79. The van der Waals surface area contributed by atoms with Crippen molar-refractivity contribution in [2.24, 2.45) is 0 Å². The molecule has 3 nitrogen and oxygen atoms in total. The second-order valence-corrected chi connectivity index (χ2v) is 6.60. The molecule has 1 heterocycles. The van der Waals surface area contributed by atoms with Gasteiger partial charge in [0.2, 0.25) is 0 Å². The van der Waals surface area contributed by atoms with Crippen molar-refractivity contribution in [2.45, 2.75) is 26.2 Å². The number of rotatable bonds is 2. The Morgan fingerprint density at radius 2 is 1.86 bits per heavy atom. The topological polar surface area (TPSA) is 42.0 Å². The summed E-state index contributed by atoms with van der Waals surface area (Å²) in [5, 5.41) is 3.65. The molecule has 0 atom stereocenters. The SMILES string of the molecule is CC(C)(C)c1cc(NC(=O)c2cc(Cl)ccc2Cl)ccn1. The lowest BCUT2D eigenvalue weighted by Gasteiger charge is -2.18. The normalized spacial score (nSPS) is 11.3. The molecule has 2 rings (SSSR count). The number of nitrogens with zero attached hydrogens (tertiary/aromatic N) is 1. The maximum atomic E-state index is 12.3. The van der Waals surface area contributed by atoms with Gasteiger partial charge in [-0.15, -0.1) is 0 Å². The Hall–Kier alpha value is -1.58. The molecule has 0 aliphatic rings. The van der Waals surface area contributed by atoms with Gasteiger partial charge in [0.05, 0.1) is 10.6 Å². The van der Waals surface area contributed by atoms with E-state index in [4.69, 9.17) is 23.2 Å². The second-order valence-electron chi connectivity index (χ2n) is 5.76. The summed E-state index contributed by atoms with van der Waals surface area (Å²) in [6.45, 7) is 6.19. The standard InChI is InChI=1S/C16H16Cl2N2O/c1-16(2,3)14-9-11(6-7-19-14)20-15(21)12-8-10(17)4-5-13(12)18/h4-9H,1-3H3,(H,19,20,21). The monoisotopic (exact) mass is 322 g/mol. The maximum absolute atomic E-state index is 12.3. The van der Waals surface area contributed by atoms with Gasteiger partial charge < -0.3 is 5.32 Å². The molecule has 0 unspecified atom stereocenters. The van der Waals surface area contributed by atoms with Gasteiger partial charge in [-0.05, 0) is 30.3 Å². The van der Waals surface area contributed by atoms with E-state index in [2.05, 4.69) is 31.1 Å². The van der Waals surface area contributed by atoms with Crippen LogP contribution >= 0.6 is 23.2 Å². The average molecular weight is 323 g/mol. The molecular formula is C16H16Cl2N2O. The van der Waals surface area contributed by atoms with Gasteiger partial charge in [0, 0.05) is 28.0 Å². The van der Waals surface area contributed by atoms with Crippen LogP contribution in [0.4, 0.5) is 5.69 Å². The number of anilines is 1. The molecule has 1 amide bonds. The zero-order chi connectivity index (χ0) is 15.6. The van der Waals surface area contributed by atoms with E-state index in [0.717, 1.165) is 5.69 Å². The highest BCUT2D eigenvalue weighted by atomic mass is 35.5. The van der Waals surface area contributed by atoms with Crippen molar-refractivity contribution in [1.29, 1.82) is 0 Å². The summed E-state index contributed by atoms with van der Waals surface area (Å²) in [7, 11) is 0. The summed E-state index contributed by atoms with van der Waals surface area (Å²) in [6, 6.07) is 8.39. The van der Waals surface area contributed by atoms with E-state index >= 15 is 0 Å². The summed E-state index contributed by atoms with van der Waals surface area (Å²) >= 11 is 11.9. The number of hydrogen-bond acceptors (Lipinski definition) is 2. The minimum Gasteiger partial charge on any atom is -0.322 e. The summed E-state index contributed by atoms with van der Waals surface area (Å²) in [4.78, 5) is 16.6. The highest BCUT2D eigenvalue weighted by molar-refractivity contribution is 6.36. The van der Waals surface area contributed by atoms with Gasteiger partial charge in [-0.1, -0.05) is 44.0 Å². The van der Waals surface area contributed by atoms with Crippen LogP contribution in [0, 0.1) is 0 Å². The maximum Gasteiger partial charge on any atom is 0.257 e. The van der Waals surface area contributed by atoms with Crippen LogP contribution in [-0.2, 0) is 5.41 Å². The van der Waals surface area contributed by atoms with Gasteiger partial charge in [0.25, 0.3) is 5.91 Å². The molecule has 0 aliphatic carbocycles. The molecule has 0 spiro atoms. The highest BCUT2D eigenvalue weighted by Gasteiger charge is 2.17. The van der Waals surface area contributed by atoms with Crippen molar-refractivity contribution in [3.63, 3.8) is 0 Å². The van der Waals surface area contributed by atoms with Crippen molar-refractivity contribution in [3.05, 3.63) is 57.8 Å². The zero-order valence-corrected chi connectivity index (χ0v) is 13.6. The van der Waals surface area contributed by atoms with Crippen molar-refractivity contribution < 1.29 is 4.79 Å². The van der Waals surface area contributed by atoms with E-state index in [1.54, 1.807) is 30.5 Å². The van der Waals surface area contributed by atoms with Crippen molar-refractivity contribution in [1.82, 2.24) is 4.98 Å². The number of amides is 1. The first kappa shape index (κ1) is 15.8. The number of nitrogens with one attached hydrogen (secondary N) is 1. The molecule has 0 fully saturated rings. The molecule has 1 aromatic carbocycles. The molecule has 0 saturated heterocycles. The van der Waals surface area contributed by atoms with Crippen LogP contribution in [0.25, 0.3) is 0 Å². The van der Waals surface area contributed by atoms with E-state index in [9.17, 15) is 4.79 Å². The molecule has 5 heteroatoms. The van der Waals surface area contributed by atoms with Gasteiger partial charge in [-0.2, -0.15) is 0 Å². The summed E-state index contributed by atoms with van der Waals surface area (Å²) in [5.74, 6) is -0.298. The fourth-order valence-corrected chi connectivity index (χ4v) is 2.16. The molecule has 0 bridgehead atoms. The zero-order valence-electron chi connectivity index (χ0n) is 12.1. The van der Waals surface area contributed by atoms with E-state index in [1.807, 2.05) is 6.07 Å². The molecule has 21 heavy (non-hydrogen) atoms. The van der Waals surface area contributed by atoms with Gasteiger partial charge in [-0.3, -0.25) is 9.78 Å². The predicted molar refractivity (Wildman–Crippen MR) is 87.4 cm³/mol. The van der Waals surface area contributed by atoms with Crippen LogP contribution < -0.4 is 5.32 Å². The largest absolute Gasteiger partial charge is 0.322 e. The minimum atomic E-state index is -0.298. The Balaban J connectivity index is 2.26. The Bertz CT molecular complexity index is 678. The number of hydrogen-bond donors (Lipinski definition) is 1. The van der Waals surface area contributed by atoms with E-state index < -0.39 is 0 Å². The third-order valence-corrected chi connectivity index (χ3v) is 3.52. The lowest BCUT2D eigenvalue weighted by molar-refractivity contribution is 0.102. The number of benzene rings is 1. The predicted octanol–water partition coefficient (Wildman–Crippen LogP) is 4.94. The van der Waals surface area contributed by atoms with Gasteiger partial charge >= 0.3 is 0 Å². The third-order valence-electron chi connectivity index (χ3n) is 2.96. The van der Waals surface area contributed by atoms with Crippen molar-refractivity contribution in [3.8, 4) is 0 Å². The van der Waals surface area contributed by atoms with Crippen LogP contribution in [0.3, 0.4) is 0 Å². The first-order valence-electron chi connectivity index (χ1n) is 6.50. The summed E-state index contributed by atoms with van der Waals surface area (Å²) < 4.78 is 0. The van der Waals surface area contributed by atoms with E-state index in [-0.39, 0.29) is 11.3 Å². The van der Waals surface area contributed by atoms with Crippen LogP contribution in [-0.4, -0.2) is 10.9 Å². The molecule has 110 valence electrons. The molecule has 1 N–H and O–H groups in total. The number of halogens is 2. The first-order chi connectivity index (χ1) is 9.77. The first-order valence-corrected chi connectivity index (χ1v) is 7.26. The average Bonchev–Trinajstić information content (AvgIpc) is 2.41. The van der Waals surface area contributed by atoms with Gasteiger partial charge in [-0.25, -0.2) is 0 Å². The third kappa shape index (κ3) is 3.96. The Morgan fingerprint density at radius 1 is 1.14 bits per heavy atom. The lowest BCUT2D eigenvalue weighted by atomic mass is 9.91. The molecule has 1 aromatic heterocycles. The number of carbonyl (C=O) groups is 1. The highest BCUT2D eigenvalue weighted by Crippen LogP contribution is 2.24. The quantitative estimate of drug-likeness (QED) is 0.850. The molecule has 2 aromatic rings. The Morgan fingerprint density at radius 3 is 2.52 bits per heavy atom. The van der Waals surface area contributed by atoms with Crippen molar-refractivity contribution >= 4 is 34.8 Å². The number of carbonyl (C=O) groups excluding carboxylic acids is 1. The number of pyridine rings is 1. The van der Waals surface area contributed by atoms with Crippen LogP contribution in [0.5, 0.6) is 0 Å². The minimum absolute atomic E-state index is 0.0889. The lowest BCUT2D eigenvalue weighted by Crippen LogP contribution is -2.16. The molecule has 0 radical (unpaired) electrons. The summed E-state index contributed by atoms with van der Waals surface area (Å²) in [5.41, 5.74) is 1.83. The Kier molecular flexibility index (Phi) is 4.55. The van der Waals surface area contributed by atoms with Crippen LogP contribution in [0.1, 0.15) is 36.8 Å². The fraction of sp³-hybridized carbons (Fsp3) is 0.250.